The van der Waals surface area contributed by atoms with E-state index in [4.69, 9.17) is 4.98 Å². The molecule has 0 saturated carbocycles. The van der Waals surface area contributed by atoms with Crippen LogP contribution < -0.4 is 10.5 Å². The van der Waals surface area contributed by atoms with Crippen molar-refractivity contribution < 1.29 is 0 Å². The number of nitrogens with zero attached hydrogens (tertiary/aromatic N) is 4. The number of piperazine rings is 1. The molecule has 1 aliphatic heterocycles. The van der Waals surface area contributed by atoms with E-state index in [0.29, 0.717) is 5.92 Å². The number of H-pyrrole nitrogens is 1. The van der Waals surface area contributed by atoms with Crippen LogP contribution in [-0.4, -0.2) is 46.0 Å². The number of fused-ring (bicyclic) bond motifs is 3. The van der Waals surface area contributed by atoms with Crippen molar-refractivity contribution >= 4 is 27.4 Å². The summed E-state index contributed by atoms with van der Waals surface area (Å²) in [5.41, 5.74) is 1.29. The summed E-state index contributed by atoms with van der Waals surface area (Å²) in [5, 5.41) is 0.841. The van der Waals surface area contributed by atoms with Gasteiger partial charge in [-0.15, -0.1) is 11.3 Å². The fraction of sp³-hybridized carbons (Fsp3) is 0.500. The van der Waals surface area contributed by atoms with Crippen LogP contribution in [0.25, 0.3) is 10.2 Å². The van der Waals surface area contributed by atoms with Crippen molar-refractivity contribution in [3.05, 3.63) is 51.0 Å². The SMILES string of the molecule is C[C@H]1CCc2c(sc3nc([C@@H](C)N4CCN(c5ccccn5)CC4)[nH]c(=O)c23)C1. The van der Waals surface area contributed by atoms with Crippen molar-refractivity contribution in [2.24, 2.45) is 5.92 Å². The van der Waals surface area contributed by atoms with Crippen molar-refractivity contribution in [3.63, 3.8) is 0 Å². The average molecular weight is 410 g/mol. The van der Waals surface area contributed by atoms with Crippen LogP contribution in [-0.2, 0) is 12.8 Å². The van der Waals surface area contributed by atoms with E-state index in [1.54, 1.807) is 11.3 Å². The van der Waals surface area contributed by atoms with Gasteiger partial charge >= 0.3 is 0 Å². The zero-order valence-corrected chi connectivity index (χ0v) is 17.8. The van der Waals surface area contributed by atoms with Crippen LogP contribution in [0.3, 0.4) is 0 Å². The first-order valence-corrected chi connectivity index (χ1v) is 11.4. The molecule has 1 N–H and O–H groups in total. The third kappa shape index (κ3) is 3.46. The fourth-order valence-corrected chi connectivity index (χ4v) is 6.01. The maximum absolute atomic E-state index is 12.9. The summed E-state index contributed by atoms with van der Waals surface area (Å²) in [5.74, 6) is 2.52. The van der Waals surface area contributed by atoms with E-state index in [-0.39, 0.29) is 11.6 Å². The smallest absolute Gasteiger partial charge is 0.259 e. The Morgan fingerprint density at radius 1 is 1.24 bits per heavy atom. The van der Waals surface area contributed by atoms with Crippen LogP contribution in [0.1, 0.15) is 42.6 Å². The first kappa shape index (κ1) is 18.8. The summed E-state index contributed by atoms with van der Waals surface area (Å²) in [7, 11) is 0. The Kier molecular flexibility index (Phi) is 4.87. The van der Waals surface area contributed by atoms with Crippen LogP contribution in [0.4, 0.5) is 5.82 Å². The minimum Gasteiger partial charge on any atom is -0.354 e. The molecule has 6 nitrogen and oxygen atoms in total. The molecule has 0 bridgehead atoms. The first-order valence-electron chi connectivity index (χ1n) is 10.5. The molecule has 2 atom stereocenters. The molecule has 1 aliphatic carbocycles. The second-order valence-electron chi connectivity index (χ2n) is 8.37. The third-order valence-electron chi connectivity index (χ3n) is 6.41. The summed E-state index contributed by atoms with van der Waals surface area (Å²) in [6.07, 6.45) is 5.09. The van der Waals surface area contributed by atoms with Gasteiger partial charge in [-0.3, -0.25) is 9.69 Å². The van der Waals surface area contributed by atoms with Gasteiger partial charge in [0.25, 0.3) is 5.56 Å². The predicted molar refractivity (Wildman–Crippen MR) is 118 cm³/mol. The van der Waals surface area contributed by atoms with Gasteiger partial charge in [0, 0.05) is 37.3 Å². The van der Waals surface area contributed by atoms with Crippen LogP contribution in [0.5, 0.6) is 0 Å². The van der Waals surface area contributed by atoms with Gasteiger partial charge in [0.1, 0.15) is 16.5 Å². The molecule has 2 aliphatic rings. The second kappa shape index (κ2) is 7.54. The molecule has 152 valence electrons. The average Bonchev–Trinajstić information content (AvgIpc) is 3.11. The van der Waals surface area contributed by atoms with Crippen molar-refractivity contribution in [3.8, 4) is 0 Å². The summed E-state index contributed by atoms with van der Waals surface area (Å²) in [6.45, 7) is 8.16. The standard InChI is InChI=1S/C22H27N5OS/c1-14-6-7-16-17(13-14)29-22-19(16)21(28)24-20(25-22)15(2)26-9-11-27(12-10-26)18-5-3-4-8-23-18/h3-5,8,14-15H,6-7,9-13H2,1-2H3,(H,24,25,28)/t14-,15+/m0/s1. The number of pyridine rings is 1. The number of hydrogen-bond donors (Lipinski definition) is 1. The van der Waals surface area contributed by atoms with Gasteiger partial charge in [-0.2, -0.15) is 0 Å². The number of aromatic amines is 1. The van der Waals surface area contributed by atoms with Gasteiger partial charge in [-0.05, 0) is 49.8 Å². The van der Waals surface area contributed by atoms with E-state index in [2.05, 4.69) is 39.7 Å². The molecule has 0 amide bonds. The molecule has 7 heteroatoms. The van der Waals surface area contributed by atoms with E-state index in [0.717, 1.165) is 67.3 Å². The lowest BCUT2D eigenvalue weighted by Crippen LogP contribution is -2.47. The minimum absolute atomic E-state index is 0.0380. The summed E-state index contributed by atoms with van der Waals surface area (Å²) in [4.78, 5) is 32.4. The van der Waals surface area contributed by atoms with Gasteiger partial charge in [0.05, 0.1) is 11.4 Å². The summed E-state index contributed by atoms with van der Waals surface area (Å²) >= 11 is 1.73. The number of hydrogen-bond acceptors (Lipinski definition) is 6. The van der Waals surface area contributed by atoms with Gasteiger partial charge in [-0.25, -0.2) is 9.97 Å². The summed E-state index contributed by atoms with van der Waals surface area (Å²) in [6, 6.07) is 6.13. The molecule has 0 radical (unpaired) electrons. The third-order valence-corrected chi connectivity index (χ3v) is 7.56. The number of thiophene rings is 1. The monoisotopic (exact) mass is 409 g/mol. The zero-order chi connectivity index (χ0) is 20.0. The zero-order valence-electron chi connectivity index (χ0n) is 17.0. The van der Waals surface area contributed by atoms with Gasteiger partial charge in [0.2, 0.25) is 0 Å². The molecule has 0 aromatic carbocycles. The number of nitrogens with one attached hydrogen (secondary N) is 1. The Hall–Kier alpha value is -2.25. The largest absolute Gasteiger partial charge is 0.354 e. The van der Waals surface area contributed by atoms with E-state index in [9.17, 15) is 4.79 Å². The number of aryl methyl sites for hydroxylation is 1. The lowest BCUT2D eigenvalue weighted by molar-refractivity contribution is 0.191. The Morgan fingerprint density at radius 2 is 2.07 bits per heavy atom. The molecule has 5 rings (SSSR count). The van der Waals surface area contributed by atoms with Crippen molar-refractivity contribution in [2.45, 2.75) is 39.2 Å². The molecule has 3 aromatic rings. The van der Waals surface area contributed by atoms with Crippen molar-refractivity contribution in [1.29, 1.82) is 0 Å². The van der Waals surface area contributed by atoms with Crippen LogP contribution in [0.2, 0.25) is 0 Å². The highest BCUT2D eigenvalue weighted by atomic mass is 32.1. The normalized spacial score (nSPS) is 21.3. The molecular formula is C22H27N5OS. The Morgan fingerprint density at radius 3 is 2.83 bits per heavy atom. The van der Waals surface area contributed by atoms with Crippen molar-refractivity contribution in [1.82, 2.24) is 19.9 Å². The fourth-order valence-electron chi connectivity index (χ4n) is 4.62. The van der Waals surface area contributed by atoms with E-state index in [1.165, 1.54) is 10.4 Å². The van der Waals surface area contributed by atoms with E-state index in [1.807, 2.05) is 18.3 Å². The topological polar surface area (TPSA) is 65.1 Å². The predicted octanol–water partition coefficient (Wildman–Crippen LogP) is 3.39. The maximum Gasteiger partial charge on any atom is 0.259 e. The Labute approximate surface area is 174 Å². The van der Waals surface area contributed by atoms with Crippen LogP contribution in [0, 0.1) is 5.92 Å². The Balaban J connectivity index is 1.36. The number of anilines is 1. The Bertz CT molecular complexity index is 1070. The maximum atomic E-state index is 12.9. The minimum atomic E-state index is 0.0380. The second-order valence-corrected chi connectivity index (χ2v) is 9.45. The molecule has 3 aromatic heterocycles. The molecule has 4 heterocycles. The molecule has 0 unspecified atom stereocenters. The first-order chi connectivity index (χ1) is 14.1. The highest BCUT2D eigenvalue weighted by molar-refractivity contribution is 7.18. The van der Waals surface area contributed by atoms with Gasteiger partial charge < -0.3 is 9.88 Å². The summed E-state index contributed by atoms with van der Waals surface area (Å²) < 4.78 is 0. The van der Waals surface area contributed by atoms with E-state index < -0.39 is 0 Å². The molecule has 1 saturated heterocycles. The lowest BCUT2D eigenvalue weighted by Gasteiger charge is -2.38. The van der Waals surface area contributed by atoms with Gasteiger partial charge in [-0.1, -0.05) is 13.0 Å². The number of rotatable bonds is 3. The van der Waals surface area contributed by atoms with Crippen LogP contribution in [0.15, 0.2) is 29.2 Å². The molecular weight excluding hydrogens is 382 g/mol. The molecule has 29 heavy (non-hydrogen) atoms. The highest BCUT2D eigenvalue weighted by Gasteiger charge is 2.27. The van der Waals surface area contributed by atoms with Crippen molar-refractivity contribution in [2.75, 3.05) is 31.1 Å². The number of aromatic nitrogens is 3. The van der Waals surface area contributed by atoms with Crippen LogP contribution >= 0.6 is 11.3 Å². The quantitative estimate of drug-likeness (QED) is 0.718. The highest BCUT2D eigenvalue weighted by Crippen LogP contribution is 2.36. The molecule has 1 fully saturated rings. The van der Waals surface area contributed by atoms with Gasteiger partial charge in [0.15, 0.2) is 0 Å². The van der Waals surface area contributed by atoms with E-state index >= 15 is 0 Å². The molecule has 0 spiro atoms. The lowest BCUT2D eigenvalue weighted by atomic mass is 9.89.